The van der Waals surface area contributed by atoms with E-state index in [1.54, 1.807) is 0 Å². The first-order chi connectivity index (χ1) is 15.0. The number of methoxy groups -OCH3 is 1. The van der Waals surface area contributed by atoms with E-state index in [1.165, 1.54) is 37.4 Å². The van der Waals surface area contributed by atoms with Gasteiger partial charge in [-0.15, -0.1) is 0 Å². The molecule has 172 valence electrons. The molecule has 13 heteroatoms. The monoisotopic (exact) mass is 483 g/mol. The molecule has 0 heterocycles. The second kappa shape index (κ2) is 9.24. The maximum absolute atomic E-state index is 12.5. The summed E-state index contributed by atoms with van der Waals surface area (Å²) < 4.78 is 60.4. The minimum Gasteiger partial charge on any atom is -0.495 e. The van der Waals surface area contributed by atoms with Gasteiger partial charge in [-0.05, 0) is 49.2 Å². The predicted molar refractivity (Wildman–Crippen MR) is 113 cm³/mol. The van der Waals surface area contributed by atoms with Gasteiger partial charge >= 0.3 is 5.97 Å². The van der Waals surface area contributed by atoms with E-state index in [0.717, 1.165) is 25.0 Å². The molecule has 3 rings (SSSR count). The third-order valence-corrected chi connectivity index (χ3v) is 6.82. The van der Waals surface area contributed by atoms with Crippen LogP contribution in [0.25, 0.3) is 0 Å². The normalized spacial score (nSPS) is 13.9. The maximum Gasteiger partial charge on any atom is 0.338 e. The molecule has 0 radical (unpaired) electrons. The van der Waals surface area contributed by atoms with Gasteiger partial charge in [-0.1, -0.05) is 6.07 Å². The van der Waals surface area contributed by atoms with Gasteiger partial charge in [0.15, 0.2) is 6.61 Å². The molecule has 0 aliphatic heterocycles. The number of sulfonamides is 2. The summed E-state index contributed by atoms with van der Waals surface area (Å²) in [4.78, 5) is 24.0. The molecule has 0 atom stereocenters. The second-order valence-corrected chi connectivity index (χ2v) is 10.2. The zero-order valence-electron chi connectivity index (χ0n) is 16.9. The summed E-state index contributed by atoms with van der Waals surface area (Å²) in [6.45, 7) is -0.688. The number of anilines is 1. The summed E-state index contributed by atoms with van der Waals surface area (Å²) in [5.74, 6) is -1.60. The number of esters is 1. The molecule has 11 nitrogen and oxygen atoms in total. The van der Waals surface area contributed by atoms with Crippen molar-refractivity contribution in [3.05, 3.63) is 48.0 Å². The Bertz CT molecular complexity index is 1260. The number of benzene rings is 2. The molecular weight excluding hydrogens is 462 g/mol. The Morgan fingerprint density at radius 3 is 2.44 bits per heavy atom. The molecule has 1 aliphatic rings. The lowest BCUT2D eigenvalue weighted by atomic mass is 10.2. The van der Waals surface area contributed by atoms with E-state index in [9.17, 15) is 26.4 Å². The van der Waals surface area contributed by atoms with Crippen molar-refractivity contribution in [2.45, 2.75) is 28.7 Å². The standard InChI is InChI=1S/C19H21N3O8S2/c1-29-16-8-5-12(9-17(16)32(27,28)22-13-6-7-13)19(24)30-11-18(23)21-14-3-2-4-15(10-14)31(20,25)26/h2-5,8-10,13,22H,6-7,11H2,1H3,(H,21,23)(H2,20,25,26). The molecule has 1 aliphatic carbocycles. The van der Waals surface area contributed by atoms with E-state index >= 15 is 0 Å². The Kier molecular flexibility index (Phi) is 6.83. The highest BCUT2D eigenvalue weighted by molar-refractivity contribution is 7.89. The van der Waals surface area contributed by atoms with Crippen molar-refractivity contribution >= 4 is 37.6 Å². The molecule has 2 aromatic rings. The fourth-order valence-electron chi connectivity index (χ4n) is 2.66. The fourth-order valence-corrected chi connectivity index (χ4v) is 4.72. The van der Waals surface area contributed by atoms with Crippen LogP contribution in [0.1, 0.15) is 23.2 Å². The van der Waals surface area contributed by atoms with Crippen molar-refractivity contribution in [2.24, 2.45) is 5.14 Å². The van der Waals surface area contributed by atoms with Crippen molar-refractivity contribution in [3.63, 3.8) is 0 Å². The quantitative estimate of drug-likeness (QED) is 0.435. The molecule has 1 saturated carbocycles. The SMILES string of the molecule is COc1ccc(C(=O)OCC(=O)Nc2cccc(S(N)(=O)=O)c2)cc1S(=O)(=O)NC1CC1. The summed E-state index contributed by atoms with van der Waals surface area (Å²) in [7, 11) is -6.55. The van der Waals surface area contributed by atoms with E-state index in [2.05, 4.69) is 10.0 Å². The molecular formula is C19H21N3O8S2. The Balaban J connectivity index is 1.67. The van der Waals surface area contributed by atoms with Gasteiger partial charge in [0.2, 0.25) is 20.0 Å². The van der Waals surface area contributed by atoms with Gasteiger partial charge in [-0.3, -0.25) is 4.79 Å². The average molecular weight is 484 g/mol. The Labute approximate surface area is 185 Å². The summed E-state index contributed by atoms with van der Waals surface area (Å²) >= 11 is 0. The van der Waals surface area contributed by atoms with Crippen LogP contribution < -0.4 is 19.9 Å². The number of hydrogen-bond acceptors (Lipinski definition) is 8. The molecule has 0 spiro atoms. The molecule has 0 bridgehead atoms. The zero-order chi connectivity index (χ0) is 23.5. The van der Waals surface area contributed by atoms with Crippen molar-refractivity contribution in [3.8, 4) is 5.75 Å². The highest BCUT2D eigenvalue weighted by atomic mass is 32.2. The largest absolute Gasteiger partial charge is 0.495 e. The number of hydrogen-bond donors (Lipinski definition) is 3. The van der Waals surface area contributed by atoms with Crippen LogP contribution in [-0.2, 0) is 29.6 Å². The van der Waals surface area contributed by atoms with Crippen LogP contribution in [0.15, 0.2) is 52.3 Å². The molecule has 2 aromatic carbocycles. The molecule has 0 saturated heterocycles. The van der Waals surface area contributed by atoms with Gasteiger partial charge in [0.1, 0.15) is 10.6 Å². The summed E-state index contributed by atoms with van der Waals surface area (Å²) in [6, 6.07) is 8.83. The van der Waals surface area contributed by atoms with Crippen LogP contribution in [0.4, 0.5) is 5.69 Å². The summed E-state index contributed by atoms with van der Waals surface area (Å²) in [5.41, 5.74) is 0.0487. The highest BCUT2D eigenvalue weighted by Gasteiger charge is 2.30. The van der Waals surface area contributed by atoms with E-state index in [0.29, 0.717) is 0 Å². The van der Waals surface area contributed by atoms with Gasteiger partial charge in [-0.25, -0.2) is 31.5 Å². The molecule has 0 unspecified atom stereocenters. The first-order valence-electron chi connectivity index (χ1n) is 9.30. The fraction of sp³-hybridized carbons (Fsp3) is 0.263. The van der Waals surface area contributed by atoms with Gasteiger partial charge in [0.05, 0.1) is 17.6 Å². The van der Waals surface area contributed by atoms with Gasteiger partial charge in [0.25, 0.3) is 5.91 Å². The number of carbonyl (C=O) groups excluding carboxylic acids is 2. The van der Waals surface area contributed by atoms with Crippen LogP contribution in [0.3, 0.4) is 0 Å². The number of primary sulfonamides is 1. The molecule has 0 aromatic heterocycles. The first-order valence-corrected chi connectivity index (χ1v) is 12.3. The lowest BCUT2D eigenvalue weighted by Crippen LogP contribution is -2.26. The van der Waals surface area contributed by atoms with E-state index in [4.69, 9.17) is 14.6 Å². The van der Waals surface area contributed by atoms with Gasteiger partial charge in [-0.2, -0.15) is 0 Å². The van der Waals surface area contributed by atoms with Gasteiger partial charge < -0.3 is 14.8 Å². The minimum absolute atomic E-state index is 0.0576. The number of nitrogens with two attached hydrogens (primary N) is 1. The maximum atomic E-state index is 12.5. The first kappa shape index (κ1) is 23.7. The number of ether oxygens (including phenoxy) is 2. The van der Waals surface area contributed by atoms with Crippen LogP contribution in [0.2, 0.25) is 0 Å². The minimum atomic E-state index is -3.95. The third-order valence-electron chi connectivity index (χ3n) is 4.37. The highest BCUT2D eigenvalue weighted by Crippen LogP contribution is 2.28. The van der Waals surface area contributed by atoms with Crippen LogP contribution in [0, 0.1) is 0 Å². The Morgan fingerprint density at radius 2 is 1.81 bits per heavy atom. The molecule has 4 N–H and O–H groups in total. The van der Waals surface area contributed by atoms with Crippen molar-refractivity contribution in [1.29, 1.82) is 0 Å². The number of amides is 1. The predicted octanol–water partition coefficient (Wildman–Crippen LogP) is 0.579. The van der Waals surface area contributed by atoms with E-state index in [-0.39, 0.29) is 32.8 Å². The topological polar surface area (TPSA) is 171 Å². The number of nitrogens with one attached hydrogen (secondary N) is 2. The average Bonchev–Trinajstić information content (AvgIpc) is 3.54. The van der Waals surface area contributed by atoms with Gasteiger partial charge in [0, 0.05) is 11.7 Å². The molecule has 1 fully saturated rings. The smallest absolute Gasteiger partial charge is 0.338 e. The number of rotatable bonds is 9. The lowest BCUT2D eigenvalue weighted by molar-refractivity contribution is -0.119. The lowest BCUT2D eigenvalue weighted by Gasteiger charge is -2.12. The van der Waals surface area contributed by atoms with E-state index in [1.807, 2.05) is 0 Å². The molecule has 32 heavy (non-hydrogen) atoms. The molecule has 1 amide bonds. The Hall–Kier alpha value is -3.00. The van der Waals surface area contributed by atoms with Crippen LogP contribution >= 0.6 is 0 Å². The zero-order valence-corrected chi connectivity index (χ0v) is 18.5. The van der Waals surface area contributed by atoms with E-state index < -0.39 is 38.5 Å². The van der Waals surface area contributed by atoms with Crippen molar-refractivity contribution < 1.29 is 35.9 Å². The van der Waals surface area contributed by atoms with Crippen LogP contribution in [-0.4, -0.2) is 48.5 Å². The van der Waals surface area contributed by atoms with Crippen molar-refractivity contribution in [1.82, 2.24) is 4.72 Å². The number of carbonyl (C=O) groups is 2. The third kappa shape index (κ3) is 6.03. The summed E-state index contributed by atoms with van der Waals surface area (Å²) in [5, 5.41) is 7.43. The van der Waals surface area contributed by atoms with Crippen molar-refractivity contribution in [2.75, 3.05) is 19.0 Å². The second-order valence-electron chi connectivity index (χ2n) is 6.96. The summed E-state index contributed by atoms with van der Waals surface area (Å²) in [6.07, 6.45) is 1.47. The Morgan fingerprint density at radius 1 is 1.09 bits per heavy atom. The van der Waals surface area contributed by atoms with Crippen LogP contribution in [0.5, 0.6) is 5.75 Å².